The third-order valence-corrected chi connectivity index (χ3v) is 6.64. The number of aliphatic hydroxyl groups excluding tert-OH is 1. The molecule has 0 spiro atoms. The largest absolute Gasteiger partial charge is 0.481 e. The van der Waals surface area contributed by atoms with Gasteiger partial charge in [0, 0.05) is 19.0 Å². The number of carbonyl (C=O) groups excluding carboxylic acids is 2. The molecule has 2 aromatic carbocycles. The average Bonchev–Trinajstić information content (AvgIpc) is 3.09. The van der Waals surface area contributed by atoms with E-state index in [-0.39, 0.29) is 32.0 Å². The van der Waals surface area contributed by atoms with E-state index in [0.717, 1.165) is 28.7 Å². The number of carboxylic acid groups (broad SMARTS) is 1. The zero-order valence-corrected chi connectivity index (χ0v) is 18.3. The number of ether oxygens (including phenoxy) is 1. The minimum atomic E-state index is -1.10. The lowest BCUT2D eigenvalue weighted by molar-refractivity contribution is -0.154. The van der Waals surface area contributed by atoms with Gasteiger partial charge >= 0.3 is 12.1 Å². The van der Waals surface area contributed by atoms with Gasteiger partial charge in [0.05, 0.1) is 17.9 Å². The molecule has 174 valence electrons. The number of carboxylic acids is 1. The van der Waals surface area contributed by atoms with Crippen LogP contribution in [-0.2, 0) is 14.3 Å². The molecule has 0 radical (unpaired) electrons. The van der Waals surface area contributed by atoms with Crippen LogP contribution >= 0.6 is 0 Å². The summed E-state index contributed by atoms with van der Waals surface area (Å²) in [4.78, 5) is 35.6. The maximum Gasteiger partial charge on any atom is 0.407 e. The molecule has 1 saturated carbocycles. The predicted octanol–water partition coefficient (Wildman–Crippen LogP) is 2.65. The van der Waals surface area contributed by atoms with E-state index in [4.69, 9.17) is 4.74 Å². The van der Waals surface area contributed by atoms with Crippen molar-refractivity contribution in [1.29, 1.82) is 0 Å². The van der Waals surface area contributed by atoms with Gasteiger partial charge in [-0.15, -0.1) is 0 Å². The van der Waals surface area contributed by atoms with Gasteiger partial charge in [0.15, 0.2) is 0 Å². The molecule has 33 heavy (non-hydrogen) atoms. The highest BCUT2D eigenvalue weighted by atomic mass is 16.5. The van der Waals surface area contributed by atoms with E-state index >= 15 is 0 Å². The van der Waals surface area contributed by atoms with Crippen molar-refractivity contribution in [2.75, 3.05) is 19.7 Å². The Balaban J connectivity index is 1.21. The van der Waals surface area contributed by atoms with E-state index in [9.17, 15) is 24.6 Å². The van der Waals surface area contributed by atoms with Crippen LogP contribution < -0.4 is 10.6 Å². The van der Waals surface area contributed by atoms with Gasteiger partial charge in [-0.3, -0.25) is 9.59 Å². The molecule has 1 unspecified atom stereocenters. The number of amides is 2. The van der Waals surface area contributed by atoms with Crippen LogP contribution in [0.4, 0.5) is 4.79 Å². The highest BCUT2D eigenvalue weighted by Gasteiger charge is 2.44. The molecule has 2 aliphatic rings. The highest BCUT2D eigenvalue weighted by Crippen LogP contribution is 2.44. The smallest absolute Gasteiger partial charge is 0.407 e. The normalized spacial score (nSPS) is 16.6. The Kier molecular flexibility index (Phi) is 6.65. The van der Waals surface area contributed by atoms with E-state index in [1.807, 2.05) is 36.4 Å². The minimum Gasteiger partial charge on any atom is -0.481 e. The number of hydrogen-bond acceptors (Lipinski definition) is 5. The standard InChI is InChI=1S/C25H28N2O6/c28-16(12-22(29)27-15-25(23(30)31)10-5-11-25)13-26-24(32)33-14-21-19-8-3-1-6-17(19)18-7-2-4-9-20(18)21/h1-4,6-9,16,21,28H,5,10-15H2,(H,26,32)(H,27,29)(H,30,31). The summed E-state index contributed by atoms with van der Waals surface area (Å²) < 4.78 is 5.41. The number of rotatable bonds is 9. The molecule has 8 nitrogen and oxygen atoms in total. The first-order chi connectivity index (χ1) is 15.9. The van der Waals surface area contributed by atoms with Crippen LogP contribution in [0.3, 0.4) is 0 Å². The van der Waals surface area contributed by atoms with Crippen molar-refractivity contribution in [2.24, 2.45) is 5.41 Å². The molecule has 1 atom stereocenters. The molecule has 0 saturated heterocycles. The fourth-order valence-corrected chi connectivity index (χ4v) is 4.55. The summed E-state index contributed by atoms with van der Waals surface area (Å²) in [6.45, 7) is 0.0651. The fraction of sp³-hybridized carbons (Fsp3) is 0.400. The molecule has 0 aliphatic heterocycles. The molecular formula is C25H28N2O6. The van der Waals surface area contributed by atoms with Crippen LogP contribution in [0.5, 0.6) is 0 Å². The van der Waals surface area contributed by atoms with E-state index in [2.05, 4.69) is 22.8 Å². The zero-order valence-electron chi connectivity index (χ0n) is 18.3. The summed E-state index contributed by atoms with van der Waals surface area (Å²) in [6.07, 6.45) is -0.111. The highest BCUT2D eigenvalue weighted by molar-refractivity contribution is 5.80. The van der Waals surface area contributed by atoms with Crippen molar-refractivity contribution in [3.8, 4) is 11.1 Å². The summed E-state index contributed by atoms with van der Waals surface area (Å²) in [5.74, 6) is -1.43. The van der Waals surface area contributed by atoms with Gasteiger partial charge in [-0.25, -0.2) is 4.79 Å². The summed E-state index contributed by atoms with van der Waals surface area (Å²) >= 11 is 0. The van der Waals surface area contributed by atoms with E-state index < -0.39 is 29.5 Å². The van der Waals surface area contributed by atoms with Crippen molar-refractivity contribution >= 4 is 18.0 Å². The fourth-order valence-electron chi connectivity index (χ4n) is 4.55. The number of nitrogens with one attached hydrogen (secondary N) is 2. The number of aliphatic hydroxyl groups is 1. The van der Waals surface area contributed by atoms with Gasteiger partial charge in [0.25, 0.3) is 0 Å². The van der Waals surface area contributed by atoms with Crippen molar-refractivity contribution in [3.63, 3.8) is 0 Å². The quantitative estimate of drug-likeness (QED) is 0.464. The Labute approximate surface area is 192 Å². The third kappa shape index (κ3) is 4.85. The van der Waals surface area contributed by atoms with Crippen molar-refractivity contribution in [1.82, 2.24) is 10.6 Å². The van der Waals surface area contributed by atoms with Gasteiger partial charge in [0.2, 0.25) is 5.91 Å². The van der Waals surface area contributed by atoms with Crippen LogP contribution in [0.15, 0.2) is 48.5 Å². The molecule has 2 aromatic rings. The van der Waals surface area contributed by atoms with Crippen LogP contribution in [0.2, 0.25) is 0 Å². The van der Waals surface area contributed by atoms with Crippen LogP contribution in [0.1, 0.15) is 42.7 Å². The lowest BCUT2D eigenvalue weighted by Gasteiger charge is -2.37. The first kappa shape index (κ1) is 22.8. The first-order valence-electron chi connectivity index (χ1n) is 11.2. The molecule has 2 aliphatic carbocycles. The number of aliphatic carboxylic acids is 1. The lowest BCUT2D eigenvalue weighted by atomic mass is 9.69. The van der Waals surface area contributed by atoms with Gasteiger partial charge in [-0.1, -0.05) is 55.0 Å². The second-order valence-electron chi connectivity index (χ2n) is 8.78. The topological polar surface area (TPSA) is 125 Å². The van der Waals surface area contributed by atoms with Crippen molar-refractivity contribution < 1.29 is 29.3 Å². The van der Waals surface area contributed by atoms with Gasteiger partial charge in [-0.2, -0.15) is 0 Å². The second-order valence-corrected chi connectivity index (χ2v) is 8.78. The Morgan fingerprint density at radius 2 is 1.61 bits per heavy atom. The maximum absolute atomic E-state index is 12.2. The molecule has 1 fully saturated rings. The summed E-state index contributed by atoms with van der Waals surface area (Å²) in [6, 6.07) is 16.1. The number of carbonyl (C=O) groups is 3. The summed E-state index contributed by atoms with van der Waals surface area (Å²) in [7, 11) is 0. The Morgan fingerprint density at radius 1 is 1.00 bits per heavy atom. The minimum absolute atomic E-state index is 0.0493. The number of benzene rings is 2. The van der Waals surface area contributed by atoms with Gasteiger partial charge < -0.3 is 25.6 Å². The molecule has 8 heteroatoms. The Morgan fingerprint density at radius 3 is 2.15 bits per heavy atom. The van der Waals surface area contributed by atoms with E-state index in [1.165, 1.54) is 0 Å². The Hall–Kier alpha value is -3.39. The van der Waals surface area contributed by atoms with Gasteiger partial charge in [-0.05, 0) is 35.1 Å². The zero-order chi connectivity index (χ0) is 23.4. The van der Waals surface area contributed by atoms with Crippen LogP contribution in [-0.4, -0.2) is 54.0 Å². The molecule has 2 amide bonds. The number of alkyl carbamates (subject to hydrolysis) is 1. The summed E-state index contributed by atoms with van der Waals surface area (Å²) in [5.41, 5.74) is 3.59. The summed E-state index contributed by atoms with van der Waals surface area (Å²) in [5, 5.41) is 24.4. The molecule has 4 N–H and O–H groups in total. The first-order valence-corrected chi connectivity index (χ1v) is 11.2. The van der Waals surface area contributed by atoms with Crippen LogP contribution in [0.25, 0.3) is 11.1 Å². The Bertz CT molecular complexity index is 1000. The monoisotopic (exact) mass is 452 g/mol. The van der Waals surface area contributed by atoms with E-state index in [1.54, 1.807) is 0 Å². The van der Waals surface area contributed by atoms with Crippen molar-refractivity contribution in [3.05, 3.63) is 59.7 Å². The SMILES string of the molecule is O=C(CC(O)CNC(=O)OCC1c2ccccc2-c2ccccc21)NCC1(C(=O)O)CCC1. The molecular weight excluding hydrogens is 424 g/mol. The number of fused-ring (bicyclic) bond motifs is 3. The van der Waals surface area contributed by atoms with Crippen molar-refractivity contribution in [2.45, 2.75) is 37.7 Å². The molecule has 0 heterocycles. The van der Waals surface area contributed by atoms with Gasteiger partial charge in [0.1, 0.15) is 6.61 Å². The molecule has 0 bridgehead atoms. The second kappa shape index (κ2) is 9.62. The van der Waals surface area contributed by atoms with E-state index in [0.29, 0.717) is 12.8 Å². The van der Waals surface area contributed by atoms with Crippen LogP contribution in [0, 0.1) is 5.41 Å². The molecule has 0 aromatic heterocycles. The predicted molar refractivity (Wildman–Crippen MR) is 121 cm³/mol. The third-order valence-electron chi connectivity index (χ3n) is 6.64. The number of hydrogen-bond donors (Lipinski definition) is 4. The molecule has 4 rings (SSSR count). The lowest BCUT2D eigenvalue weighted by Crippen LogP contribution is -2.48. The average molecular weight is 453 g/mol. The maximum atomic E-state index is 12.2.